The third-order valence-electron chi connectivity index (χ3n) is 5.25. The van der Waals surface area contributed by atoms with Crippen LogP contribution in [0.5, 0.6) is 0 Å². The van der Waals surface area contributed by atoms with Crippen LogP contribution in [-0.2, 0) is 25.3 Å². The van der Waals surface area contributed by atoms with Crippen LogP contribution in [0.1, 0.15) is 21.6 Å². The van der Waals surface area contributed by atoms with Crippen molar-refractivity contribution in [3.8, 4) is 0 Å². The Bertz CT molecular complexity index is 1130. The number of hydrogen-bond donors (Lipinski definition) is 1. The van der Waals surface area contributed by atoms with E-state index in [1.165, 1.54) is 21.6 Å². The highest BCUT2D eigenvalue weighted by Crippen LogP contribution is 2.38. The number of aromatic nitrogens is 2. The lowest BCUT2D eigenvalue weighted by molar-refractivity contribution is 0.249. The average molecular weight is 419 g/mol. The van der Waals surface area contributed by atoms with Crippen molar-refractivity contribution in [2.75, 3.05) is 12.3 Å². The van der Waals surface area contributed by atoms with Crippen molar-refractivity contribution in [3.05, 3.63) is 82.2 Å². The molecule has 0 saturated carbocycles. The van der Waals surface area contributed by atoms with Crippen LogP contribution in [0.4, 0.5) is 5.82 Å². The van der Waals surface area contributed by atoms with Gasteiger partial charge in [0.05, 0.1) is 5.39 Å². The fourth-order valence-corrected chi connectivity index (χ4v) is 5.95. The number of thioether (sulfide) groups is 1. The van der Waals surface area contributed by atoms with E-state index in [4.69, 9.17) is 10.7 Å². The molecule has 2 aromatic heterocycles. The second kappa shape index (κ2) is 8.14. The number of anilines is 1. The molecule has 0 atom stereocenters. The van der Waals surface area contributed by atoms with E-state index in [-0.39, 0.29) is 0 Å². The van der Waals surface area contributed by atoms with Gasteiger partial charge in [-0.3, -0.25) is 4.90 Å². The van der Waals surface area contributed by atoms with Crippen LogP contribution in [0.15, 0.2) is 65.8 Å². The molecule has 5 rings (SSSR count). The van der Waals surface area contributed by atoms with Gasteiger partial charge in [0.1, 0.15) is 10.6 Å². The molecule has 29 heavy (non-hydrogen) atoms. The van der Waals surface area contributed by atoms with E-state index in [2.05, 4.69) is 64.5 Å². The van der Waals surface area contributed by atoms with Crippen LogP contribution in [0.25, 0.3) is 10.2 Å². The molecular weight excluding hydrogens is 396 g/mol. The predicted octanol–water partition coefficient (Wildman–Crippen LogP) is 5.12. The molecule has 3 heterocycles. The first-order chi connectivity index (χ1) is 14.3. The average Bonchev–Trinajstić information content (AvgIpc) is 3.12. The third kappa shape index (κ3) is 4.01. The molecule has 4 aromatic rings. The Hall–Kier alpha value is -2.41. The smallest absolute Gasteiger partial charge is 0.191 e. The van der Waals surface area contributed by atoms with Crippen molar-refractivity contribution in [3.63, 3.8) is 0 Å². The molecular formula is C23H22N4S2. The highest BCUT2D eigenvalue weighted by molar-refractivity contribution is 7.98. The zero-order valence-electron chi connectivity index (χ0n) is 16.0. The molecule has 0 radical (unpaired) electrons. The lowest BCUT2D eigenvalue weighted by Gasteiger charge is -2.26. The summed E-state index contributed by atoms with van der Waals surface area (Å²) in [4.78, 5) is 14.4. The van der Waals surface area contributed by atoms with Crippen LogP contribution < -0.4 is 5.73 Å². The second-order valence-electron chi connectivity index (χ2n) is 7.30. The Morgan fingerprint density at radius 2 is 1.69 bits per heavy atom. The second-order valence-corrected chi connectivity index (χ2v) is 9.32. The maximum atomic E-state index is 6.38. The normalized spacial score (nSPS) is 14.2. The van der Waals surface area contributed by atoms with Gasteiger partial charge in [-0.15, -0.1) is 11.3 Å². The topological polar surface area (TPSA) is 55.0 Å². The summed E-state index contributed by atoms with van der Waals surface area (Å²) in [6.45, 7) is 2.97. The van der Waals surface area contributed by atoms with Gasteiger partial charge in [0.25, 0.3) is 0 Å². The fourth-order valence-electron chi connectivity index (χ4n) is 3.82. The number of hydrogen-bond acceptors (Lipinski definition) is 6. The Morgan fingerprint density at radius 3 is 2.45 bits per heavy atom. The van der Waals surface area contributed by atoms with Gasteiger partial charge in [-0.2, -0.15) is 0 Å². The summed E-state index contributed by atoms with van der Waals surface area (Å²) in [6.07, 6.45) is 1.01. The van der Waals surface area contributed by atoms with Crippen molar-refractivity contribution >= 4 is 39.1 Å². The maximum Gasteiger partial charge on any atom is 0.191 e. The maximum absolute atomic E-state index is 6.38. The Kier molecular flexibility index (Phi) is 5.23. The van der Waals surface area contributed by atoms with E-state index < -0.39 is 0 Å². The van der Waals surface area contributed by atoms with E-state index >= 15 is 0 Å². The van der Waals surface area contributed by atoms with Gasteiger partial charge in [0.15, 0.2) is 5.16 Å². The molecule has 0 unspecified atom stereocenters. The predicted molar refractivity (Wildman–Crippen MR) is 122 cm³/mol. The van der Waals surface area contributed by atoms with Crippen molar-refractivity contribution in [1.29, 1.82) is 0 Å². The van der Waals surface area contributed by atoms with Gasteiger partial charge >= 0.3 is 0 Å². The minimum atomic E-state index is 0.625. The largest absolute Gasteiger partial charge is 0.383 e. The lowest BCUT2D eigenvalue weighted by Crippen LogP contribution is -2.29. The summed E-state index contributed by atoms with van der Waals surface area (Å²) in [5.74, 6) is 1.47. The van der Waals surface area contributed by atoms with Crippen LogP contribution in [0, 0.1) is 0 Å². The van der Waals surface area contributed by atoms with Gasteiger partial charge < -0.3 is 5.73 Å². The zero-order chi connectivity index (χ0) is 19.6. The van der Waals surface area contributed by atoms with Crippen molar-refractivity contribution in [2.24, 2.45) is 0 Å². The molecule has 1 aliphatic heterocycles. The number of thiophene rings is 1. The highest BCUT2D eigenvalue weighted by atomic mass is 32.2. The minimum Gasteiger partial charge on any atom is -0.383 e. The molecule has 2 N–H and O–H groups in total. The zero-order valence-corrected chi connectivity index (χ0v) is 17.7. The standard InChI is InChI=1S/C23H22N4S2/c24-21-20-18-11-12-27(13-16-7-3-1-4-8-16)14-19(18)29-22(20)26-23(25-21)28-15-17-9-5-2-6-10-17/h1-10H,11-15H2,(H2,24,25,26). The van der Waals surface area contributed by atoms with Gasteiger partial charge in [0, 0.05) is 30.3 Å². The molecule has 6 heteroatoms. The van der Waals surface area contributed by atoms with Gasteiger partial charge in [-0.25, -0.2) is 9.97 Å². The fraction of sp³-hybridized carbons (Fsp3) is 0.217. The summed E-state index contributed by atoms with van der Waals surface area (Å²) in [5.41, 5.74) is 10.4. The molecule has 0 aliphatic carbocycles. The highest BCUT2D eigenvalue weighted by Gasteiger charge is 2.24. The molecule has 0 amide bonds. The van der Waals surface area contributed by atoms with Crippen molar-refractivity contribution < 1.29 is 0 Å². The molecule has 2 aromatic carbocycles. The molecule has 0 spiro atoms. The van der Waals surface area contributed by atoms with Gasteiger partial charge in [0.2, 0.25) is 0 Å². The Balaban J connectivity index is 1.37. The summed E-state index contributed by atoms with van der Waals surface area (Å²) >= 11 is 3.42. The summed E-state index contributed by atoms with van der Waals surface area (Å²) < 4.78 is 0. The van der Waals surface area contributed by atoms with Gasteiger partial charge in [-0.05, 0) is 23.1 Å². The molecule has 0 saturated heterocycles. The van der Waals surface area contributed by atoms with E-state index in [9.17, 15) is 0 Å². The number of nitrogens with two attached hydrogens (primary N) is 1. The summed E-state index contributed by atoms with van der Waals surface area (Å²) in [6, 6.07) is 21.1. The van der Waals surface area contributed by atoms with Crippen LogP contribution in [0.3, 0.4) is 0 Å². The SMILES string of the molecule is Nc1nc(SCc2ccccc2)nc2sc3c(c12)CCN(Cc1ccccc1)C3. The lowest BCUT2D eigenvalue weighted by atomic mass is 10.0. The first-order valence-electron chi connectivity index (χ1n) is 9.77. The van der Waals surface area contributed by atoms with Crippen molar-refractivity contribution in [1.82, 2.24) is 14.9 Å². The Morgan fingerprint density at radius 1 is 0.966 bits per heavy atom. The molecule has 0 bridgehead atoms. The number of fused-ring (bicyclic) bond motifs is 3. The first kappa shape index (κ1) is 18.6. The quantitative estimate of drug-likeness (QED) is 0.360. The Labute approximate surface area is 178 Å². The van der Waals surface area contributed by atoms with Crippen LogP contribution >= 0.6 is 23.1 Å². The monoisotopic (exact) mass is 418 g/mol. The van der Waals surface area contributed by atoms with E-state index in [0.717, 1.165) is 47.2 Å². The van der Waals surface area contributed by atoms with E-state index in [1.807, 2.05) is 6.07 Å². The van der Waals surface area contributed by atoms with E-state index in [0.29, 0.717) is 5.82 Å². The number of rotatable bonds is 5. The molecule has 146 valence electrons. The van der Waals surface area contributed by atoms with Crippen molar-refractivity contribution in [2.45, 2.75) is 30.4 Å². The molecule has 1 aliphatic rings. The van der Waals surface area contributed by atoms with Crippen LogP contribution in [0.2, 0.25) is 0 Å². The number of nitrogens with zero attached hydrogens (tertiary/aromatic N) is 3. The number of nitrogen functional groups attached to an aromatic ring is 1. The van der Waals surface area contributed by atoms with Crippen LogP contribution in [-0.4, -0.2) is 21.4 Å². The first-order valence-corrected chi connectivity index (χ1v) is 11.6. The molecule has 0 fully saturated rings. The summed E-state index contributed by atoms with van der Waals surface area (Å²) in [5, 5.41) is 1.84. The third-order valence-corrected chi connectivity index (χ3v) is 7.28. The molecule has 4 nitrogen and oxygen atoms in total. The van der Waals surface area contributed by atoms with Gasteiger partial charge in [-0.1, -0.05) is 72.4 Å². The summed E-state index contributed by atoms with van der Waals surface area (Å²) in [7, 11) is 0. The number of benzene rings is 2. The minimum absolute atomic E-state index is 0.625. The van der Waals surface area contributed by atoms with E-state index in [1.54, 1.807) is 23.1 Å².